The van der Waals surface area contributed by atoms with E-state index in [1.807, 2.05) is 30.9 Å². The highest BCUT2D eigenvalue weighted by Crippen LogP contribution is 2.31. The first-order valence-corrected chi connectivity index (χ1v) is 11.0. The molecule has 0 radical (unpaired) electrons. The van der Waals surface area contributed by atoms with Crippen molar-refractivity contribution in [1.29, 1.82) is 0 Å². The van der Waals surface area contributed by atoms with Crippen LogP contribution in [0.3, 0.4) is 0 Å². The first-order valence-electron chi connectivity index (χ1n) is 11.0. The number of nitrogens with zero attached hydrogens (tertiary/aromatic N) is 5. The zero-order valence-electron chi connectivity index (χ0n) is 19.2. The number of halogens is 4. The lowest BCUT2D eigenvalue weighted by Gasteiger charge is -2.34. The summed E-state index contributed by atoms with van der Waals surface area (Å²) < 4.78 is 58.5. The molecule has 0 amide bonds. The molecule has 1 atom stereocenters. The molecule has 1 aromatic heterocycles. The van der Waals surface area contributed by atoms with Crippen LogP contribution in [0.5, 0.6) is 0 Å². The number of hydrogen-bond donors (Lipinski definition) is 1. The topological polar surface area (TPSA) is 75.0 Å². The van der Waals surface area contributed by atoms with Gasteiger partial charge in [-0.2, -0.15) is 23.3 Å². The molecule has 0 saturated carbocycles. The van der Waals surface area contributed by atoms with Gasteiger partial charge in [0, 0.05) is 17.9 Å². The fraction of sp³-hybridized carbons (Fsp3) is 0.333. The molecule has 0 spiro atoms. The molecule has 4 rings (SSSR count). The number of nitrogens with one attached hydrogen (secondary N) is 1. The molecule has 0 aliphatic carbocycles. The second kappa shape index (κ2) is 10.3. The molecule has 2 heterocycles. The normalized spacial score (nSPS) is 16.6. The predicted molar refractivity (Wildman–Crippen MR) is 124 cm³/mol. The maximum absolute atomic E-state index is 14.3. The maximum Gasteiger partial charge on any atom is 0.416 e. The number of morpholine rings is 1. The minimum absolute atomic E-state index is 0.0244. The summed E-state index contributed by atoms with van der Waals surface area (Å²) in [4.78, 5) is 9.94. The summed E-state index contributed by atoms with van der Waals surface area (Å²) >= 11 is 0. The third-order valence-corrected chi connectivity index (χ3v) is 5.57. The number of azo groups is 1. The van der Waals surface area contributed by atoms with Gasteiger partial charge in [-0.25, -0.2) is 9.37 Å². The molecule has 1 unspecified atom stereocenters. The summed E-state index contributed by atoms with van der Waals surface area (Å²) in [6.45, 7) is 5.52. The minimum Gasteiger partial charge on any atom is -0.377 e. The van der Waals surface area contributed by atoms with E-state index in [4.69, 9.17) is 4.74 Å². The molecule has 1 N–H and O–H groups in total. The van der Waals surface area contributed by atoms with Crippen molar-refractivity contribution in [1.82, 2.24) is 9.97 Å². The van der Waals surface area contributed by atoms with Crippen molar-refractivity contribution in [2.45, 2.75) is 32.6 Å². The van der Waals surface area contributed by atoms with Gasteiger partial charge in [0.2, 0.25) is 0 Å². The average Bonchev–Trinajstić information content (AvgIpc) is 2.82. The minimum atomic E-state index is -4.40. The Hall–Kier alpha value is -3.60. The zero-order chi connectivity index (χ0) is 25.0. The fourth-order valence-electron chi connectivity index (χ4n) is 3.71. The van der Waals surface area contributed by atoms with E-state index in [1.54, 1.807) is 12.1 Å². The lowest BCUT2D eigenvalue weighted by molar-refractivity contribution is -0.137. The number of benzene rings is 2. The second-order valence-corrected chi connectivity index (χ2v) is 8.20. The van der Waals surface area contributed by atoms with Crippen LogP contribution in [-0.2, 0) is 17.5 Å². The molecule has 35 heavy (non-hydrogen) atoms. The molecule has 1 saturated heterocycles. The number of hydrogen-bond acceptors (Lipinski definition) is 7. The highest BCUT2D eigenvalue weighted by molar-refractivity contribution is 5.62. The summed E-state index contributed by atoms with van der Waals surface area (Å²) in [6.07, 6.45) is -3.32. The number of anilines is 3. The Kier molecular flexibility index (Phi) is 7.25. The predicted octanol–water partition coefficient (Wildman–Crippen LogP) is 6.20. The number of ether oxygens (including phenoxy) is 1. The van der Waals surface area contributed by atoms with E-state index >= 15 is 0 Å². The molecule has 7 nitrogen and oxygen atoms in total. The van der Waals surface area contributed by atoms with Gasteiger partial charge >= 0.3 is 6.18 Å². The van der Waals surface area contributed by atoms with Crippen molar-refractivity contribution >= 4 is 23.1 Å². The van der Waals surface area contributed by atoms with Gasteiger partial charge in [-0.15, -0.1) is 5.11 Å². The Balaban J connectivity index is 1.43. The highest BCUT2D eigenvalue weighted by atomic mass is 19.4. The van der Waals surface area contributed by atoms with Crippen molar-refractivity contribution in [3.8, 4) is 0 Å². The molecule has 11 heteroatoms. The Morgan fingerprint density at radius 1 is 1.17 bits per heavy atom. The van der Waals surface area contributed by atoms with Gasteiger partial charge in [0.15, 0.2) is 11.6 Å². The van der Waals surface area contributed by atoms with Crippen LogP contribution in [0.2, 0.25) is 0 Å². The van der Waals surface area contributed by atoms with Crippen molar-refractivity contribution in [3.63, 3.8) is 0 Å². The smallest absolute Gasteiger partial charge is 0.377 e. The largest absolute Gasteiger partial charge is 0.416 e. The van der Waals surface area contributed by atoms with Gasteiger partial charge in [-0.05, 0) is 55.3 Å². The van der Waals surface area contributed by atoms with Crippen molar-refractivity contribution in [2.24, 2.45) is 10.2 Å². The van der Waals surface area contributed by atoms with Gasteiger partial charge in [-0.3, -0.25) is 0 Å². The fourth-order valence-corrected chi connectivity index (χ4v) is 3.71. The summed E-state index contributed by atoms with van der Waals surface area (Å²) in [7, 11) is 0. The summed E-state index contributed by atoms with van der Waals surface area (Å²) in [5.74, 6) is -0.302. The molecule has 3 aromatic rings. The standard InChI is InChI=1S/C24H24F4N6O/c1-15-10-20(31-19-5-3-4-18(11-19)24(26,27)28)7-6-17(15)12-30-33-23-29-13-21(25)22(32-23)34-8-9-35-14-16(34)2/h3-7,10-11,13,16,31H,8-9,12,14H2,1-2H3. The van der Waals surface area contributed by atoms with E-state index in [9.17, 15) is 17.6 Å². The van der Waals surface area contributed by atoms with Crippen LogP contribution < -0.4 is 10.2 Å². The van der Waals surface area contributed by atoms with Crippen molar-refractivity contribution in [3.05, 3.63) is 71.2 Å². The molecule has 184 valence electrons. The third kappa shape index (κ3) is 6.10. The monoisotopic (exact) mass is 488 g/mol. The first-order chi connectivity index (χ1) is 16.7. The van der Waals surface area contributed by atoms with Gasteiger partial charge in [0.1, 0.15) is 0 Å². The average molecular weight is 488 g/mol. The van der Waals surface area contributed by atoms with Crippen LogP contribution in [0.1, 0.15) is 23.6 Å². The van der Waals surface area contributed by atoms with Crippen LogP contribution in [0.4, 0.5) is 40.7 Å². The summed E-state index contributed by atoms with van der Waals surface area (Å²) in [5.41, 5.74) is 2.01. The number of rotatable bonds is 6. The Morgan fingerprint density at radius 2 is 1.97 bits per heavy atom. The number of alkyl halides is 3. The van der Waals surface area contributed by atoms with Gasteiger partial charge in [0.25, 0.3) is 5.95 Å². The molecule has 1 fully saturated rings. The van der Waals surface area contributed by atoms with Crippen LogP contribution >= 0.6 is 0 Å². The van der Waals surface area contributed by atoms with Gasteiger partial charge in [-0.1, -0.05) is 12.1 Å². The van der Waals surface area contributed by atoms with E-state index in [2.05, 4.69) is 25.5 Å². The molecular formula is C24H24F4N6O. The first kappa shape index (κ1) is 24.5. The van der Waals surface area contributed by atoms with Crippen LogP contribution in [0.25, 0.3) is 0 Å². The summed E-state index contributed by atoms with van der Waals surface area (Å²) in [6, 6.07) is 10.4. The number of aromatic nitrogens is 2. The second-order valence-electron chi connectivity index (χ2n) is 8.20. The highest BCUT2D eigenvalue weighted by Gasteiger charge is 2.30. The van der Waals surface area contributed by atoms with Crippen LogP contribution in [-0.4, -0.2) is 35.8 Å². The lowest BCUT2D eigenvalue weighted by atomic mass is 10.1. The van der Waals surface area contributed by atoms with E-state index in [0.29, 0.717) is 31.1 Å². The van der Waals surface area contributed by atoms with Crippen molar-refractivity contribution in [2.75, 3.05) is 30.0 Å². The van der Waals surface area contributed by atoms with E-state index in [-0.39, 0.29) is 24.4 Å². The molecule has 1 aliphatic heterocycles. The molecular weight excluding hydrogens is 464 g/mol. The summed E-state index contributed by atoms with van der Waals surface area (Å²) in [5, 5.41) is 11.2. The van der Waals surface area contributed by atoms with E-state index < -0.39 is 17.6 Å². The van der Waals surface area contributed by atoms with E-state index in [1.165, 1.54) is 6.07 Å². The van der Waals surface area contributed by atoms with Crippen molar-refractivity contribution < 1.29 is 22.3 Å². The van der Waals surface area contributed by atoms with Crippen LogP contribution in [0, 0.1) is 12.7 Å². The Bertz CT molecular complexity index is 1220. The Labute approximate surface area is 199 Å². The lowest BCUT2D eigenvalue weighted by Crippen LogP contribution is -2.44. The zero-order valence-corrected chi connectivity index (χ0v) is 19.2. The van der Waals surface area contributed by atoms with Gasteiger partial charge in [0.05, 0.1) is 37.6 Å². The van der Waals surface area contributed by atoms with E-state index in [0.717, 1.165) is 29.5 Å². The number of aryl methyl sites for hydroxylation is 1. The third-order valence-electron chi connectivity index (χ3n) is 5.57. The Morgan fingerprint density at radius 3 is 2.71 bits per heavy atom. The molecule has 1 aliphatic rings. The maximum atomic E-state index is 14.3. The molecule has 0 bridgehead atoms. The van der Waals surface area contributed by atoms with Gasteiger partial charge < -0.3 is 15.0 Å². The molecule has 2 aromatic carbocycles. The quantitative estimate of drug-likeness (QED) is 0.331. The SMILES string of the molecule is Cc1cc(Nc2cccc(C(F)(F)F)c2)ccc1CN=Nc1ncc(F)c(N2CCOCC2C)n1. The van der Waals surface area contributed by atoms with Crippen LogP contribution in [0.15, 0.2) is 58.9 Å².